The molecule has 1 unspecified atom stereocenters. The molecule has 1 aromatic rings. The second kappa shape index (κ2) is 6.91. The van der Waals surface area contributed by atoms with Crippen molar-refractivity contribution in [2.45, 2.75) is 40.3 Å². The van der Waals surface area contributed by atoms with Crippen molar-refractivity contribution in [1.82, 2.24) is 20.0 Å². The first-order valence-electron chi connectivity index (χ1n) is 6.62. The van der Waals surface area contributed by atoms with Crippen LogP contribution >= 0.6 is 11.6 Å². The van der Waals surface area contributed by atoms with Gasteiger partial charge in [0.05, 0.1) is 11.7 Å². The number of aryl methyl sites for hydroxylation is 2. The number of nitrogens with zero attached hydrogens (tertiary/aromatic N) is 3. The van der Waals surface area contributed by atoms with Crippen molar-refractivity contribution < 1.29 is 4.79 Å². The van der Waals surface area contributed by atoms with Crippen molar-refractivity contribution in [3.8, 4) is 0 Å². The second-order valence-electron chi connectivity index (χ2n) is 4.59. The van der Waals surface area contributed by atoms with E-state index in [4.69, 9.17) is 11.6 Å². The maximum Gasteiger partial charge on any atom is 0.239 e. The fourth-order valence-corrected chi connectivity index (χ4v) is 2.27. The van der Waals surface area contributed by atoms with Crippen LogP contribution in [-0.4, -0.2) is 39.7 Å². The molecule has 19 heavy (non-hydrogen) atoms. The minimum atomic E-state index is -0.226. The Labute approximate surface area is 119 Å². The molecule has 1 rings (SSSR count). The molecule has 1 amide bonds. The summed E-state index contributed by atoms with van der Waals surface area (Å²) in [4.78, 5) is 13.9. The summed E-state index contributed by atoms with van der Waals surface area (Å²) in [5.74, 6) is 0.114. The zero-order valence-corrected chi connectivity index (χ0v) is 13.1. The highest BCUT2D eigenvalue weighted by molar-refractivity contribution is 6.30. The molecule has 108 valence electrons. The van der Waals surface area contributed by atoms with Gasteiger partial charge in [0.15, 0.2) is 0 Å². The second-order valence-corrected chi connectivity index (χ2v) is 4.95. The molecule has 0 saturated carbocycles. The molecule has 6 heteroatoms. The maximum absolute atomic E-state index is 12.1. The maximum atomic E-state index is 12.1. The van der Waals surface area contributed by atoms with Gasteiger partial charge in [-0.1, -0.05) is 11.6 Å². The molecule has 1 atom stereocenters. The zero-order chi connectivity index (χ0) is 14.6. The Morgan fingerprint density at radius 2 is 2.05 bits per heavy atom. The van der Waals surface area contributed by atoms with E-state index in [9.17, 15) is 4.79 Å². The first kappa shape index (κ1) is 16.0. The Hall–Kier alpha value is -1.07. The van der Waals surface area contributed by atoms with E-state index in [1.807, 2.05) is 39.6 Å². The highest BCUT2D eigenvalue weighted by Crippen LogP contribution is 2.18. The van der Waals surface area contributed by atoms with Gasteiger partial charge in [-0.2, -0.15) is 5.10 Å². The summed E-state index contributed by atoms with van der Waals surface area (Å²) in [5, 5.41) is 8.08. The number of rotatable bonds is 6. The molecule has 1 N–H and O–H groups in total. The fraction of sp³-hybridized carbons (Fsp3) is 0.692. The van der Waals surface area contributed by atoms with Crippen LogP contribution in [0.15, 0.2) is 0 Å². The standard InChI is InChI=1S/C13H23ClN4O/c1-6-18(7-2)13(19)10(4)15-8-11-9(3)16-17(5)12(11)14/h10,15H,6-8H2,1-5H3. The van der Waals surface area contributed by atoms with Gasteiger partial charge in [-0.05, 0) is 27.7 Å². The molecule has 0 fully saturated rings. The molecule has 0 radical (unpaired) electrons. The number of hydrogen-bond acceptors (Lipinski definition) is 3. The largest absolute Gasteiger partial charge is 0.342 e. The third-order valence-electron chi connectivity index (χ3n) is 3.30. The van der Waals surface area contributed by atoms with Gasteiger partial charge in [0.2, 0.25) is 5.91 Å². The van der Waals surface area contributed by atoms with Gasteiger partial charge < -0.3 is 10.2 Å². The van der Waals surface area contributed by atoms with E-state index >= 15 is 0 Å². The van der Waals surface area contributed by atoms with Crippen LogP contribution in [0.3, 0.4) is 0 Å². The van der Waals surface area contributed by atoms with Gasteiger partial charge in [-0.25, -0.2) is 0 Å². The Kier molecular flexibility index (Phi) is 5.82. The molecule has 0 aliphatic carbocycles. The number of carbonyl (C=O) groups is 1. The molecule has 0 bridgehead atoms. The molecule has 0 aliphatic rings. The normalized spacial score (nSPS) is 12.5. The van der Waals surface area contributed by atoms with Crippen molar-refractivity contribution in [3.63, 3.8) is 0 Å². The number of carbonyl (C=O) groups excluding carboxylic acids is 1. The van der Waals surface area contributed by atoms with Crippen LogP contribution in [0.1, 0.15) is 32.0 Å². The van der Waals surface area contributed by atoms with E-state index in [0.29, 0.717) is 11.7 Å². The van der Waals surface area contributed by atoms with Crippen molar-refractivity contribution in [2.75, 3.05) is 13.1 Å². The number of halogens is 1. The summed E-state index contributed by atoms with van der Waals surface area (Å²) in [5.41, 5.74) is 1.84. The topological polar surface area (TPSA) is 50.2 Å². The average Bonchev–Trinajstić information content (AvgIpc) is 2.62. The minimum absolute atomic E-state index is 0.114. The van der Waals surface area contributed by atoms with Crippen LogP contribution in [0.4, 0.5) is 0 Å². The van der Waals surface area contributed by atoms with E-state index in [2.05, 4.69) is 10.4 Å². The summed E-state index contributed by atoms with van der Waals surface area (Å²) in [6.45, 7) is 9.77. The summed E-state index contributed by atoms with van der Waals surface area (Å²) < 4.78 is 1.64. The van der Waals surface area contributed by atoms with Crippen LogP contribution in [0, 0.1) is 6.92 Å². The molecule has 0 aromatic carbocycles. The van der Waals surface area contributed by atoms with Crippen LogP contribution in [0.5, 0.6) is 0 Å². The Balaban J connectivity index is 2.63. The summed E-state index contributed by atoms with van der Waals surface area (Å²) >= 11 is 6.16. The van der Waals surface area contributed by atoms with Crippen molar-refractivity contribution in [3.05, 3.63) is 16.4 Å². The molecule has 1 aromatic heterocycles. The van der Waals surface area contributed by atoms with Crippen LogP contribution < -0.4 is 5.32 Å². The number of amides is 1. The SMILES string of the molecule is CCN(CC)C(=O)C(C)NCc1c(C)nn(C)c1Cl. The monoisotopic (exact) mass is 286 g/mol. The van der Waals surface area contributed by atoms with E-state index in [1.54, 1.807) is 4.68 Å². The number of nitrogens with one attached hydrogen (secondary N) is 1. The van der Waals surface area contributed by atoms with Crippen molar-refractivity contribution >= 4 is 17.5 Å². The van der Waals surface area contributed by atoms with Gasteiger partial charge in [0.1, 0.15) is 5.15 Å². The lowest BCUT2D eigenvalue weighted by Gasteiger charge is -2.23. The van der Waals surface area contributed by atoms with E-state index < -0.39 is 0 Å². The minimum Gasteiger partial charge on any atom is -0.342 e. The van der Waals surface area contributed by atoms with Crippen LogP contribution in [0.25, 0.3) is 0 Å². The summed E-state index contributed by atoms with van der Waals surface area (Å²) in [7, 11) is 1.81. The molecule has 1 heterocycles. The predicted molar refractivity (Wildman–Crippen MR) is 77.2 cm³/mol. The molecule has 5 nitrogen and oxygen atoms in total. The molecule has 0 spiro atoms. The summed E-state index contributed by atoms with van der Waals surface area (Å²) in [6, 6.07) is -0.226. The van der Waals surface area contributed by atoms with E-state index in [-0.39, 0.29) is 11.9 Å². The predicted octanol–water partition coefficient (Wildman–Crippen LogP) is 1.73. The Morgan fingerprint density at radius 3 is 2.47 bits per heavy atom. The van der Waals surface area contributed by atoms with Crippen molar-refractivity contribution in [2.24, 2.45) is 7.05 Å². The van der Waals surface area contributed by atoms with Crippen LogP contribution in [0.2, 0.25) is 5.15 Å². The lowest BCUT2D eigenvalue weighted by Crippen LogP contribution is -2.44. The number of likely N-dealkylation sites (N-methyl/N-ethyl adjacent to an activating group) is 1. The molecule has 0 aliphatic heterocycles. The quantitative estimate of drug-likeness (QED) is 0.866. The van der Waals surface area contributed by atoms with Gasteiger partial charge in [0, 0.05) is 32.2 Å². The average molecular weight is 287 g/mol. The summed E-state index contributed by atoms with van der Waals surface area (Å²) in [6.07, 6.45) is 0. The van der Waals surface area contributed by atoms with Crippen molar-refractivity contribution in [1.29, 1.82) is 0 Å². The fourth-order valence-electron chi connectivity index (χ4n) is 2.03. The lowest BCUT2D eigenvalue weighted by atomic mass is 10.2. The van der Waals surface area contributed by atoms with E-state index in [1.165, 1.54) is 0 Å². The van der Waals surface area contributed by atoms with Gasteiger partial charge in [-0.3, -0.25) is 9.48 Å². The lowest BCUT2D eigenvalue weighted by molar-refractivity contribution is -0.132. The Bertz CT molecular complexity index is 440. The highest BCUT2D eigenvalue weighted by atomic mass is 35.5. The first-order chi connectivity index (χ1) is 8.92. The third-order valence-corrected chi connectivity index (χ3v) is 3.77. The third kappa shape index (κ3) is 3.70. The Morgan fingerprint density at radius 1 is 1.47 bits per heavy atom. The van der Waals surface area contributed by atoms with Gasteiger partial charge in [0.25, 0.3) is 0 Å². The first-order valence-corrected chi connectivity index (χ1v) is 7.00. The van der Waals surface area contributed by atoms with Crippen LogP contribution in [-0.2, 0) is 18.4 Å². The molecule has 0 saturated heterocycles. The van der Waals surface area contributed by atoms with E-state index in [0.717, 1.165) is 24.3 Å². The molecular weight excluding hydrogens is 264 g/mol. The highest BCUT2D eigenvalue weighted by Gasteiger charge is 2.19. The smallest absolute Gasteiger partial charge is 0.239 e. The number of hydrogen-bond donors (Lipinski definition) is 1. The zero-order valence-electron chi connectivity index (χ0n) is 12.3. The van der Waals surface area contributed by atoms with Gasteiger partial charge in [-0.15, -0.1) is 0 Å². The number of aromatic nitrogens is 2. The molecular formula is C13H23ClN4O. The van der Waals surface area contributed by atoms with Gasteiger partial charge >= 0.3 is 0 Å².